The van der Waals surface area contributed by atoms with Gasteiger partial charge in [-0.25, -0.2) is 4.68 Å². The zero-order valence-electron chi connectivity index (χ0n) is 15.4. The minimum Gasteiger partial charge on any atom is -0.486 e. The Kier molecular flexibility index (Phi) is 5.57. The van der Waals surface area contributed by atoms with Gasteiger partial charge in [-0.1, -0.05) is 5.21 Å². The molecule has 2 unspecified atom stereocenters. The van der Waals surface area contributed by atoms with Crippen LogP contribution in [0, 0.1) is 12.8 Å². The molecule has 0 bridgehead atoms. The molecule has 4 rings (SSSR count). The van der Waals surface area contributed by atoms with Crippen LogP contribution >= 0.6 is 12.4 Å². The van der Waals surface area contributed by atoms with Gasteiger partial charge in [-0.15, -0.1) is 17.5 Å². The van der Waals surface area contributed by atoms with Crippen molar-refractivity contribution in [2.24, 2.45) is 11.7 Å². The highest BCUT2D eigenvalue weighted by Gasteiger charge is 2.34. The van der Waals surface area contributed by atoms with Crippen molar-refractivity contribution in [3.8, 4) is 17.2 Å². The van der Waals surface area contributed by atoms with E-state index in [1.807, 2.05) is 36.9 Å². The smallest absolute Gasteiger partial charge is 0.276 e. The highest BCUT2D eigenvalue weighted by Crippen LogP contribution is 2.32. The summed E-state index contributed by atoms with van der Waals surface area (Å²) in [5.41, 5.74) is 7.64. The zero-order valence-corrected chi connectivity index (χ0v) is 16.2. The summed E-state index contributed by atoms with van der Waals surface area (Å²) in [6.45, 7) is 6.24. The van der Waals surface area contributed by atoms with E-state index in [0.717, 1.165) is 12.1 Å². The number of hydrogen-bond donors (Lipinski definition) is 1. The van der Waals surface area contributed by atoms with E-state index in [9.17, 15) is 4.79 Å². The number of aromatic nitrogens is 3. The molecular weight excluding hydrogens is 370 g/mol. The lowest BCUT2D eigenvalue weighted by Crippen LogP contribution is -2.35. The van der Waals surface area contributed by atoms with Gasteiger partial charge in [0.25, 0.3) is 5.91 Å². The molecular formula is C18H24ClN5O3. The average Bonchev–Trinajstić information content (AvgIpc) is 3.23. The van der Waals surface area contributed by atoms with Crippen molar-refractivity contribution in [3.05, 3.63) is 29.6 Å². The Hall–Kier alpha value is -2.32. The molecule has 0 spiro atoms. The normalized spacial score (nSPS) is 21.1. The van der Waals surface area contributed by atoms with Crippen LogP contribution in [-0.2, 0) is 0 Å². The van der Waals surface area contributed by atoms with Crippen LogP contribution in [0.1, 0.15) is 29.5 Å². The number of rotatable bonds is 3. The number of nitrogens with zero attached hydrogens (tertiary/aromatic N) is 4. The Morgan fingerprint density at radius 3 is 2.74 bits per heavy atom. The zero-order chi connectivity index (χ0) is 18.3. The molecule has 0 aliphatic carbocycles. The first kappa shape index (κ1) is 19.4. The summed E-state index contributed by atoms with van der Waals surface area (Å²) in [5.74, 6) is 1.65. The van der Waals surface area contributed by atoms with Crippen molar-refractivity contribution in [2.75, 3.05) is 26.3 Å². The number of carbonyl (C=O) groups is 1. The van der Waals surface area contributed by atoms with Gasteiger partial charge in [-0.3, -0.25) is 4.79 Å². The number of hydrogen-bond acceptors (Lipinski definition) is 6. The fourth-order valence-corrected chi connectivity index (χ4v) is 3.67. The van der Waals surface area contributed by atoms with Gasteiger partial charge in [0.05, 0.1) is 11.4 Å². The molecule has 8 nitrogen and oxygen atoms in total. The Labute approximate surface area is 164 Å². The number of fused-ring (bicyclic) bond motifs is 1. The summed E-state index contributed by atoms with van der Waals surface area (Å²) in [6.07, 6.45) is 0.928. The Morgan fingerprint density at radius 1 is 1.30 bits per heavy atom. The third-order valence-corrected chi connectivity index (χ3v) is 5.12. The maximum atomic E-state index is 12.9. The van der Waals surface area contributed by atoms with E-state index < -0.39 is 0 Å². The number of ether oxygens (including phenoxy) is 2. The van der Waals surface area contributed by atoms with Crippen molar-refractivity contribution in [1.29, 1.82) is 0 Å². The first-order chi connectivity index (χ1) is 12.6. The molecule has 0 radical (unpaired) electrons. The third kappa shape index (κ3) is 3.46. The van der Waals surface area contributed by atoms with Gasteiger partial charge in [0, 0.05) is 18.7 Å². The lowest BCUT2D eigenvalue weighted by molar-refractivity contribution is 0.0736. The maximum absolute atomic E-state index is 12.9. The second-order valence-electron chi connectivity index (χ2n) is 6.91. The predicted molar refractivity (Wildman–Crippen MR) is 102 cm³/mol. The highest BCUT2D eigenvalue weighted by atomic mass is 35.5. The quantitative estimate of drug-likeness (QED) is 0.850. The van der Waals surface area contributed by atoms with E-state index in [2.05, 4.69) is 10.3 Å². The van der Waals surface area contributed by atoms with Gasteiger partial charge >= 0.3 is 0 Å². The van der Waals surface area contributed by atoms with E-state index in [1.165, 1.54) is 0 Å². The summed E-state index contributed by atoms with van der Waals surface area (Å²) in [4.78, 5) is 14.8. The molecule has 3 heterocycles. The average molecular weight is 394 g/mol. The predicted octanol–water partition coefficient (Wildman–Crippen LogP) is 1.58. The van der Waals surface area contributed by atoms with Gasteiger partial charge in [0.1, 0.15) is 13.2 Å². The number of likely N-dealkylation sites (tertiary alicyclic amines) is 1. The monoisotopic (exact) mass is 393 g/mol. The minimum absolute atomic E-state index is 0. The molecule has 1 amide bonds. The van der Waals surface area contributed by atoms with Crippen molar-refractivity contribution < 1.29 is 14.3 Å². The first-order valence-corrected chi connectivity index (χ1v) is 8.92. The van der Waals surface area contributed by atoms with Gasteiger partial charge < -0.3 is 20.1 Å². The molecule has 2 atom stereocenters. The standard InChI is InChI=1S/C18H23N5O3.ClH/c1-11-7-13(9-19)10-22(11)18(24)17-12(2)23(21-20-17)14-3-4-15-16(8-14)26-6-5-25-15;/h3-4,8,11,13H,5-7,9-10,19H2,1-2H3;1H. The molecule has 1 saturated heterocycles. The van der Waals surface area contributed by atoms with Crippen LogP contribution in [0.3, 0.4) is 0 Å². The van der Waals surface area contributed by atoms with Crippen LogP contribution in [0.4, 0.5) is 0 Å². The van der Waals surface area contributed by atoms with E-state index >= 15 is 0 Å². The summed E-state index contributed by atoms with van der Waals surface area (Å²) in [5, 5.41) is 8.34. The Balaban J connectivity index is 0.00000210. The number of halogens is 1. The fraction of sp³-hybridized carbons (Fsp3) is 0.500. The minimum atomic E-state index is -0.0882. The molecule has 27 heavy (non-hydrogen) atoms. The van der Waals surface area contributed by atoms with E-state index in [-0.39, 0.29) is 24.4 Å². The number of nitrogens with two attached hydrogens (primary N) is 1. The highest BCUT2D eigenvalue weighted by molar-refractivity contribution is 5.93. The molecule has 9 heteroatoms. The second-order valence-corrected chi connectivity index (χ2v) is 6.91. The van der Waals surface area contributed by atoms with Crippen LogP contribution in [-0.4, -0.2) is 58.1 Å². The SMILES string of the molecule is Cc1c(C(=O)N2CC(CN)CC2C)nnn1-c1ccc2c(c1)OCCO2.Cl. The molecule has 2 aromatic rings. The van der Waals surface area contributed by atoms with Crippen molar-refractivity contribution in [2.45, 2.75) is 26.3 Å². The summed E-state index contributed by atoms with van der Waals surface area (Å²) in [6, 6.07) is 5.75. The van der Waals surface area contributed by atoms with Crippen LogP contribution in [0.5, 0.6) is 11.5 Å². The molecule has 2 aliphatic rings. The fourth-order valence-electron chi connectivity index (χ4n) is 3.67. The summed E-state index contributed by atoms with van der Waals surface area (Å²) < 4.78 is 12.8. The van der Waals surface area contributed by atoms with E-state index in [0.29, 0.717) is 55.1 Å². The molecule has 1 aromatic carbocycles. The number of carbonyl (C=O) groups excluding carboxylic acids is 1. The van der Waals surface area contributed by atoms with Crippen LogP contribution < -0.4 is 15.2 Å². The van der Waals surface area contributed by atoms with Crippen LogP contribution in [0.15, 0.2) is 18.2 Å². The lowest BCUT2D eigenvalue weighted by atomic mass is 10.1. The second kappa shape index (κ2) is 7.74. The van der Waals surface area contributed by atoms with Crippen molar-refractivity contribution >= 4 is 18.3 Å². The topological polar surface area (TPSA) is 95.5 Å². The molecule has 1 aromatic heterocycles. The van der Waals surface area contributed by atoms with Gasteiger partial charge in [0.2, 0.25) is 0 Å². The third-order valence-electron chi connectivity index (χ3n) is 5.12. The molecule has 2 aliphatic heterocycles. The Morgan fingerprint density at radius 2 is 2.04 bits per heavy atom. The molecule has 2 N–H and O–H groups in total. The summed E-state index contributed by atoms with van der Waals surface area (Å²) in [7, 11) is 0. The number of benzene rings is 1. The van der Waals surface area contributed by atoms with Crippen LogP contribution in [0.25, 0.3) is 5.69 Å². The first-order valence-electron chi connectivity index (χ1n) is 8.92. The number of amides is 1. The maximum Gasteiger partial charge on any atom is 0.276 e. The van der Waals surface area contributed by atoms with Crippen molar-refractivity contribution in [1.82, 2.24) is 19.9 Å². The van der Waals surface area contributed by atoms with E-state index in [1.54, 1.807) is 4.68 Å². The lowest BCUT2D eigenvalue weighted by Gasteiger charge is -2.20. The molecule has 1 fully saturated rings. The largest absolute Gasteiger partial charge is 0.486 e. The summed E-state index contributed by atoms with van der Waals surface area (Å²) >= 11 is 0. The Bertz CT molecular complexity index is 840. The molecule has 146 valence electrons. The van der Waals surface area contributed by atoms with Gasteiger partial charge in [0.15, 0.2) is 17.2 Å². The van der Waals surface area contributed by atoms with Gasteiger partial charge in [-0.2, -0.15) is 0 Å². The van der Waals surface area contributed by atoms with Gasteiger partial charge in [-0.05, 0) is 44.9 Å². The van der Waals surface area contributed by atoms with E-state index in [4.69, 9.17) is 15.2 Å². The van der Waals surface area contributed by atoms with Crippen LogP contribution in [0.2, 0.25) is 0 Å². The molecule has 0 saturated carbocycles. The van der Waals surface area contributed by atoms with Crippen molar-refractivity contribution in [3.63, 3.8) is 0 Å².